The summed E-state index contributed by atoms with van der Waals surface area (Å²) in [4.78, 5) is 66.5. The number of hydrogen-bond acceptors (Lipinski definition) is 11. The number of nitrogens with one attached hydrogen (secondary N) is 3. The molecule has 0 spiro atoms. The first kappa shape index (κ1) is 56.4. The Hall–Kier alpha value is -2.31. The molecule has 1 aliphatic heterocycles. The summed E-state index contributed by atoms with van der Waals surface area (Å²) in [6, 6.07) is 7.19. The number of morpholine rings is 1. The smallest absolute Gasteiger partial charge is 0.520 e. The Labute approximate surface area is 355 Å². The van der Waals surface area contributed by atoms with E-state index in [-0.39, 0.29) is 96.9 Å². The molecule has 16 heteroatoms. The van der Waals surface area contributed by atoms with Gasteiger partial charge < -0.3 is 58.6 Å². The number of rotatable bonds is 16. The van der Waals surface area contributed by atoms with Crippen molar-refractivity contribution in [1.82, 2.24) is 25.5 Å². The van der Waals surface area contributed by atoms with Crippen molar-refractivity contribution >= 4 is 36.0 Å². The minimum absolute atomic E-state index is 0. The normalized spacial score (nSPS) is 12.3. The maximum Gasteiger partial charge on any atom is 1.00 e. The van der Waals surface area contributed by atoms with Crippen LogP contribution in [0.1, 0.15) is 61.0 Å². The van der Waals surface area contributed by atoms with E-state index in [0.29, 0.717) is 13.2 Å². The Kier molecular flexibility index (Phi) is 37.4. The quantitative estimate of drug-likeness (QED) is 0.0726. The van der Waals surface area contributed by atoms with Crippen molar-refractivity contribution in [3.05, 3.63) is 44.2 Å². The maximum absolute atomic E-state index is 12.8. The number of benzene rings is 1. The Bertz CT molecular complexity index is 1090. The van der Waals surface area contributed by atoms with Crippen LogP contribution in [0.3, 0.4) is 0 Å². The van der Waals surface area contributed by atoms with Crippen LogP contribution in [0.4, 0.5) is 15.3 Å². The van der Waals surface area contributed by atoms with E-state index in [2.05, 4.69) is 27.9 Å². The molecular formula is C36H65KN6O9-2. The van der Waals surface area contributed by atoms with Gasteiger partial charge in [0.05, 0.1) is 32.5 Å². The minimum atomic E-state index is -0.948. The van der Waals surface area contributed by atoms with E-state index in [9.17, 15) is 24.0 Å². The number of nitrogens with zero attached hydrogens (tertiary/aromatic N) is 3. The molecule has 1 aromatic carbocycles. The molecule has 1 aliphatic rings. The molecule has 52 heavy (non-hydrogen) atoms. The summed E-state index contributed by atoms with van der Waals surface area (Å²) in [6.07, 6.45) is 0.228. The van der Waals surface area contributed by atoms with Crippen LogP contribution < -0.4 is 67.5 Å². The van der Waals surface area contributed by atoms with E-state index < -0.39 is 23.5 Å². The van der Waals surface area contributed by atoms with Crippen molar-refractivity contribution in [3.63, 3.8) is 0 Å². The number of ketones is 1. The van der Waals surface area contributed by atoms with Gasteiger partial charge in [0.1, 0.15) is 12.4 Å². The predicted molar refractivity (Wildman–Crippen MR) is 200 cm³/mol. The summed E-state index contributed by atoms with van der Waals surface area (Å²) < 4.78 is 16.5. The second-order valence-corrected chi connectivity index (χ2v) is 11.2. The Morgan fingerprint density at radius 3 is 2.10 bits per heavy atom. The number of anilines is 1. The van der Waals surface area contributed by atoms with Crippen molar-refractivity contribution in [3.8, 4) is 0 Å². The van der Waals surface area contributed by atoms with Crippen molar-refractivity contribution in [1.29, 1.82) is 0 Å². The summed E-state index contributed by atoms with van der Waals surface area (Å²) in [6.45, 7) is 23.4. The van der Waals surface area contributed by atoms with E-state index in [1.807, 2.05) is 59.0 Å². The number of hydroxylamine groups is 1. The summed E-state index contributed by atoms with van der Waals surface area (Å²) in [5.41, 5.74) is 2.91. The number of carbonyl (C=O) groups excluding carboxylic acids is 5. The van der Waals surface area contributed by atoms with Crippen LogP contribution in [0, 0.1) is 19.8 Å². The number of carbonyl (C=O) groups is 4. The SMILES string of the molecule is CC.CC.CC(=O)[C@@H](C)N(C)[C-]=O.[CH2-]C(C)(C)C(=O)NOC(=O)NCCN(CCOCCN1CCOCC1)C(=O)OCc1ccc(NC)cc1.[CH3-].[K+]. The first-order chi connectivity index (χ1) is 23.8. The van der Waals surface area contributed by atoms with E-state index >= 15 is 0 Å². The molecule has 15 nitrogen and oxygen atoms in total. The zero-order chi connectivity index (χ0) is 38.5. The molecule has 0 aromatic heterocycles. The Balaban J connectivity index is -0.000000662. The van der Waals surface area contributed by atoms with E-state index in [1.54, 1.807) is 27.2 Å². The van der Waals surface area contributed by atoms with Gasteiger partial charge in [-0.25, -0.2) is 9.59 Å². The molecule has 3 N–H and O–H groups in total. The van der Waals surface area contributed by atoms with Gasteiger partial charge in [-0.15, -0.1) is 0 Å². The van der Waals surface area contributed by atoms with Crippen LogP contribution >= 0.6 is 0 Å². The van der Waals surface area contributed by atoms with Crippen LogP contribution in [0.25, 0.3) is 0 Å². The Morgan fingerprint density at radius 2 is 1.62 bits per heavy atom. The molecule has 0 bridgehead atoms. The van der Waals surface area contributed by atoms with Gasteiger partial charge >= 0.3 is 63.6 Å². The van der Waals surface area contributed by atoms with Gasteiger partial charge in [0.2, 0.25) is 5.91 Å². The predicted octanol–water partition coefficient (Wildman–Crippen LogP) is 1.10. The second kappa shape index (κ2) is 34.5. The zero-order valence-electron chi connectivity index (χ0n) is 33.9. The molecule has 0 saturated carbocycles. The summed E-state index contributed by atoms with van der Waals surface area (Å²) in [7, 11) is 3.36. The molecular weight excluding hydrogens is 700 g/mol. The fourth-order valence-corrected chi connectivity index (χ4v) is 3.51. The third kappa shape index (κ3) is 27.3. The third-order valence-electron chi connectivity index (χ3n) is 6.84. The number of ether oxygens (including phenoxy) is 3. The summed E-state index contributed by atoms with van der Waals surface area (Å²) >= 11 is 0. The molecule has 2 rings (SSSR count). The molecule has 1 aromatic rings. The van der Waals surface area contributed by atoms with Crippen molar-refractivity contribution in [2.45, 2.75) is 68.0 Å². The first-order valence-electron chi connectivity index (χ1n) is 17.1. The maximum atomic E-state index is 12.8. The molecule has 1 atom stereocenters. The van der Waals surface area contributed by atoms with E-state index in [4.69, 9.17) is 19.0 Å². The molecule has 4 amide bonds. The van der Waals surface area contributed by atoms with Crippen LogP contribution in [-0.4, -0.2) is 131 Å². The topological polar surface area (TPSA) is 168 Å². The molecule has 1 fully saturated rings. The van der Waals surface area contributed by atoms with Crippen molar-refractivity contribution in [2.24, 2.45) is 5.41 Å². The first-order valence-corrected chi connectivity index (χ1v) is 17.1. The van der Waals surface area contributed by atoms with Crippen LogP contribution in [0.5, 0.6) is 0 Å². The summed E-state index contributed by atoms with van der Waals surface area (Å²) in [5.74, 6) is -0.564. The molecule has 0 radical (unpaired) electrons. The average molecular weight is 765 g/mol. The summed E-state index contributed by atoms with van der Waals surface area (Å²) in [5, 5.41) is 5.53. The molecule has 1 saturated heterocycles. The van der Waals surface area contributed by atoms with Gasteiger partial charge in [-0.1, -0.05) is 59.1 Å². The van der Waals surface area contributed by atoms with Gasteiger partial charge in [0.15, 0.2) is 0 Å². The Morgan fingerprint density at radius 1 is 1.04 bits per heavy atom. The van der Waals surface area contributed by atoms with Gasteiger partial charge in [-0.05, 0) is 38.6 Å². The molecule has 0 unspecified atom stereocenters. The third-order valence-corrected chi connectivity index (χ3v) is 6.84. The fourth-order valence-electron chi connectivity index (χ4n) is 3.51. The van der Waals surface area contributed by atoms with Gasteiger partial charge in [0.25, 0.3) is 0 Å². The van der Waals surface area contributed by atoms with Crippen LogP contribution in [0.15, 0.2) is 24.3 Å². The second-order valence-electron chi connectivity index (χ2n) is 11.2. The molecule has 1 heterocycles. The number of hydrogen-bond donors (Lipinski definition) is 3. The van der Waals surface area contributed by atoms with Crippen molar-refractivity contribution in [2.75, 3.05) is 85.1 Å². The number of likely N-dealkylation sites (N-methyl/N-ethyl adjacent to an activating group) is 1. The van der Waals surface area contributed by atoms with Gasteiger partial charge in [0, 0.05) is 52.0 Å². The van der Waals surface area contributed by atoms with Gasteiger partial charge in [-0.3, -0.25) is 14.5 Å². The average Bonchev–Trinajstić information content (AvgIpc) is 3.13. The van der Waals surface area contributed by atoms with E-state index in [0.717, 1.165) is 44.1 Å². The molecule has 0 aliphatic carbocycles. The minimum Gasteiger partial charge on any atom is -0.520 e. The van der Waals surface area contributed by atoms with Crippen molar-refractivity contribution < 1.29 is 94.4 Å². The zero-order valence-corrected chi connectivity index (χ0v) is 37.0. The van der Waals surface area contributed by atoms with Crippen LogP contribution in [0.2, 0.25) is 0 Å². The number of amides is 4. The van der Waals surface area contributed by atoms with E-state index in [1.165, 1.54) is 23.8 Å². The fraction of sp³-hybridized carbons (Fsp3) is 0.639. The van der Waals surface area contributed by atoms with Crippen LogP contribution in [-0.2, 0) is 40.0 Å². The standard InChI is InChI=1S/C25H40N5O7.C6H10NO2.2C2H6.CH3.K/c1-25(2,3)22(31)28-37-23(32)27-9-10-30(14-18-35-17-13-29-11-15-34-16-12-29)24(33)36-19-20-5-7-21(26-4)8-6-20;1-5(6(2)9)7(3)4-8;2*1-2;;/h5-8,26H,1,9-19H2,2-4H3,(H,27,32)(H,28,31);5H,1-3H3;2*1-2H3;1H3;/q2*-1;;;-1;+1/t;5-;;;;/m.1..../s1. The van der Waals surface area contributed by atoms with Gasteiger partial charge in [-0.2, -0.15) is 11.9 Å². The molecule has 296 valence electrons. The monoisotopic (exact) mass is 764 g/mol. The largest absolute Gasteiger partial charge is 1.00 e. The number of Topliss-reactive ketones (excluding diaryl/α,β-unsaturated/α-hetero) is 1.